The Balaban J connectivity index is 2.62. The van der Waals surface area contributed by atoms with Gasteiger partial charge in [-0.3, -0.25) is 0 Å². The normalized spacial score (nSPS) is 8.75. The highest BCUT2D eigenvalue weighted by atomic mass is 127. The van der Waals surface area contributed by atoms with Gasteiger partial charge in [0.15, 0.2) is 0 Å². The summed E-state index contributed by atoms with van der Waals surface area (Å²) >= 11 is 2.28. The maximum Gasteiger partial charge on any atom is 0.125 e. The molecule has 0 amide bonds. The van der Waals surface area contributed by atoms with Crippen molar-refractivity contribution in [3.8, 4) is 0 Å². The molecule has 12 heavy (non-hydrogen) atoms. The van der Waals surface area contributed by atoms with E-state index in [1.165, 1.54) is 15.4 Å². The number of halogens is 1. The summed E-state index contributed by atoms with van der Waals surface area (Å²) in [6.07, 6.45) is 1.48. The van der Waals surface area contributed by atoms with Crippen LogP contribution in [0.25, 0.3) is 0 Å². The Morgan fingerprint density at radius 3 is 2.92 bits per heavy atom. The molecule has 0 saturated heterocycles. The van der Waals surface area contributed by atoms with E-state index in [4.69, 9.17) is 4.74 Å². The molecule has 0 aliphatic rings. The van der Waals surface area contributed by atoms with Crippen molar-refractivity contribution in [2.75, 3.05) is 0 Å². The molecule has 0 unspecified atom stereocenters. The van der Waals surface area contributed by atoms with Gasteiger partial charge in [0.2, 0.25) is 0 Å². The molecule has 0 bridgehead atoms. The summed E-state index contributed by atoms with van der Waals surface area (Å²) in [5.41, 5.74) is 3.74. The van der Waals surface area contributed by atoms with Crippen molar-refractivity contribution in [3.05, 3.63) is 52.0 Å². The summed E-state index contributed by atoms with van der Waals surface area (Å²) < 4.78 is 6.36. The van der Waals surface area contributed by atoms with E-state index >= 15 is 0 Å². The van der Waals surface area contributed by atoms with Crippen LogP contribution in [0.1, 0.15) is 5.56 Å². The standard InChI is InChI=1S/C10H9IO/c1-2-7-12-8-9-5-3-4-6-10(9)11/h3-7H,1,8H2. The topological polar surface area (TPSA) is 9.23 Å². The van der Waals surface area contributed by atoms with Gasteiger partial charge in [-0.15, -0.1) is 0 Å². The van der Waals surface area contributed by atoms with Gasteiger partial charge in [-0.1, -0.05) is 30.5 Å². The van der Waals surface area contributed by atoms with Gasteiger partial charge in [-0.2, -0.15) is 0 Å². The summed E-state index contributed by atoms with van der Waals surface area (Å²) in [6, 6.07) is 8.10. The van der Waals surface area contributed by atoms with Gasteiger partial charge in [0, 0.05) is 9.13 Å². The van der Waals surface area contributed by atoms with Crippen LogP contribution in [-0.2, 0) is 11.3 Å². The molecule has 0 spiro atoms. The van der Waals surface area contributed by atoms with E-state index in [1.807, 2.05) is 18.2 Å². The van der Waals surface area contributed by atoms with Crippen LogP contribution in [0.4, 0.5) is 0 Å². The van der Waals surface area contributed by atoms with Crippen LogP contribution < -0.4 is 0 Å². The maximum absolute atomic E-state index is 5.15. The minimum Gasteiger partial charge on any atom is -0.488 e. The molecule has 0 N–H and O–H groups in total. The van der Waals surface area contributed by atoms with Crippen LogP contribution in [0, 0.1) is 3.57 Å². The van der Waals surface area contributed by atoms with Crippen molar-refractivity contribution < 1.29 is 4.74 Å². The second kappa shape index (κ2) is 5.01. The van der Waals surface area contributed by atoms with E-state index in [0.717, 1.165) is 0 Å². The molecule has 0 heterocycles. The average Bonchev–Trinajstić information content (AvgIpc) is 2.09. The van der Waals surface area contributed by atoms with E-state index in [-0.39, 0.29) is 0 Å². The Hall–Kier alpha value is -0.730. The lowest BCUT2D eigenvalue weighted by Crippen LogP contribution is -1.89. The molecule has 0 aromatic heterocycles. The fraction of sp³-hybridized carbons (Fsp3) is 0.100. The first-order chi connectivity index (χ1) is 5.84. The minimum absolute atomic E-state index is 0.585. The fourth-order valence-electron chi connectivity index (χ4n) is 0.806. The van der Waals surface area contributed by atoms with E-state index in [1.54, 1.807) is 0 Å². The van der Waals surface area contributed by atoms with Crippen molar-refractivity contribution in [1.82, 2.24) is 0 Å². The largest absolute Gasteiger partial charge is 0.488 e. The van der Waals surface area contributed by atoms with Crippen LogP contribution >= 0.6 is 22.6 Å². The van der Waals surface area contributed by atoms with Gasteiger partial charge in [0.1, 0.15) is 12.9 Å². The molecule has 2 heteroatoms. The molecule has 0 aliphatic heterocycles. The predicted octanol–water partition coefficient (Wildman–Crippen LogP) is 3.11. The van der Waals surface area contributed by atoms with Crippen LogP contribution in [0.5, 0.6) is 0 Å². The molecular formula is C10H9IO. The summed E-state index contributed by atoms with van der Waals surface area (Å²) in [5.74, 6) is 0. The van der Waals surface area contributed by atoms with E-state index < -0.39 is 0 Å². The molecular weight excluding hydrogens is 263 g/mol. The lowest BCUT2D eigenvalue weighted by Gasteiger charge is -2.01. The second-order valence-corrected chi connectivity index (χ2v) is 3.39. The number of hydrogen-bond donors (Lipinski definition) is 0. The highest BCUT2D eigenvalue weighted by molar-refractivity contribution is 14.1. The summed E-state index contributed by atoms with van der Waals surface area (Å²) in [6.45, 7) is 3.99. The van der Waals surface area contributed by atoms with E-state index in [2.05, 4.69) is 41.0 Å². The Bertz CT molecular complexity index is 300. The third-order valence-corrected chi connectivity index (χ3v) is 2.42. The average molecular weight is 272 g/mol. The Kier molecular flexibility index (Phi) is 3.91. The lowest BCUT2D eigenvalue weighted by molar-refractivity contribution is 0.236. The molecule has 1 aromatic rings. The van der Waals surface area contributed by atoms with Crippen LogP contribution in [0.15, 0.2) is 42.8 Å². The molecule has 0 radical (unpaired) electrons. The number of benzene rings is 1. The quantitative estimate of drug-likeness (QED) is 0.466. The lowest BCUT2D eigenvalue weighted by atomic mass is 10.2. The van der Waals surface area contributed by atoms with Crippen molar-refractivity contribution in [3.63, 3.8) is 0 Å². The van der Waals surface area contributed by atoms with Gasteiger partial charge in [0.25, 0.3) is 0 Å². The van der Waals surface area contributed by atoms with Gasteiger partial charge in [-0.05, 0) is 28.7 Å². The Labute approximate surface area is 85.9 Å². The SMILES string of the molecule is C=C=COCc1ccccc1I. The van der Waals surface area contributed by atoms with Gasteiger partial charge in [0.05, 0.1) is 0 Å². The third-order valence-electron chi connectivity index (χ3n) is 1.36. The third kappa shape index (κ3) is 2.72. The molecule has 0 saturated carbocycles. The molecule has 1 rings (SSSR count). The first-order valence-corrected chi connectivity index (χ1v) is 4.62. The van der Waals surface area contributed by atoms with Crippen LogP contribution in [0.2, 0.25) is 0 Å². The highest BCUT2D eigenvalue weighted by Crippen LogP contribution is 2.12. The predicted molar refractivity (Wildman–Crippen MR) is 57.7 cm³/mol. The summed E-state index contributed by atoms with van der Waals surface area (Å²) in [4.78, 5) is 0. The van der Waals surface area contributed by atoms with Gasteiger partial charge < -0.3 is 4.74 Å². The van der Waals surface area contributed by atoms with Crippen molar-refractivity contribution in [1.29, 1.82) is 0 Å². The van der Waals surface area contributed by atoms with Crippen LogP contribution in [0.3, 0.4) is 0 Å². The minimum atomic E-state index is 0.585. The Morgan fingerprint density at radius 2 is 2.25 bits per heavy atom. The second-order valence-electron chi connectivity index (χ2n) is 2.22. The zero-order valence-corrected chi connectivity index (χ0v) is 8.74. The first-order valence-electron chi connectivity index (χ1n) is 3.54. The van der Waals surface area contributed by atoms with E-state index in [9.17, 15) is 0 Å². The molecule has 1 aromatic carbocycles. The first kappa shape index (κ1) is 9.36. The monoisotopic (exact) mass is 272 g/mol. The van der Waals surface area contributed by atoms with Crippen molar-refractivity contribution >= 4 is 22.6 Å². The van der Waals surface area contributed by atoms with Crippen LogP contribution in [-0.4, -0.2) is 0 Å². The van der Waals surface area contributed by atoms with Gasteiger partial charge >= 0.3 is 0 Å². The van der Waals surface area contributed by atoms with E-state index in [0.29, 0.717) is 6.61 Å². The molecule has 1 nitrogen and oxygen atoms in total. The zero-order chi connectivity index (χ0) is 8.81. The number of rotatable bonds is 3. The smallest absolute Gasteiger partial charge is 0.125 e. The molecule has 62 valence electrons. The van der Waals surface area contributed by atoms with Crippen molar-refractivity contribution in [2.24, 2.45) is 0 Å². The number of hydrogen-bond acceptors (Lipinski definition) is 1. The van der Waals surface area contributed by atoms with Crippen molar-refractivity contribution in [2.45, 2.75) is 6.61 Å². The highest BCUT2D eigenvalue weighted by Gasteiger charge is 1.95. The summed E-state index contributed by atoms with van der Waals surface area (Å²) in [5, 5.41) is 0. The Morgan fingerprint density at radius 1 is 1.50 bits per heavy atom. The maximum atomic E-state index is 5.15. The zero-order valence-electron chi connectivity index (χ0n) is 6.59. The molecule has 0 atom stereocenters. The van der Waals surface area contributed by atoms with Gasteiger partial charge in [-0.25, -0.2) is 0 Å². The fourth-order valence-corrected chi connectivity index (χ4v) is 1.35. The molecule has 0 aliphatic carbocycles. The molecule has 0 fully saturated rings. The number of ether oxygens (including phenoxy) is 1. The summed E-state index contributed by atoms with van der Waals surface area (Å²) in [7, 11) is 0.